The fraction of sp³-hybridized carbons (Fsp3) is 0.714. The lowest BCUT2D eigenvalue weighted by Gasteiger charge is -2.34. The molecule has 2 aliphatic rings. The summed E-state index contributed by atoms with van der Waals surface area (Å²) < 4.78 is 19.1. The molecule has 0 aromatic carbocycles. The Labute approximate surface area is 132 Å². The summed E-state index contributed by atoms with van der Waals surface area (Å²) in [5, 5.41) is 2.84. The molecule has 0 aromatic rings. The summed E-state index contributed by atoms with van der Waals surface area (Å²) in [6.07, 6.45) is 0.254. The van der Waals surface area contributed by atoms with Gasteiger partial charge in [-0.2, -0.15) is 0 Å². The predicted octanol–water partition coefficient (Wildman–Crippen LogP) is -1.21. The third-order valence-electron chi connectivity index (χ3n) is 4.76. The van der Waals surface area contributed by atoms with E-state index in [0.717, 1.165) is 28.4 Å². The van der Waals surface area contributed by atoms with Gasteiger partial charge in [0.25, 0.3) is 0 Å². The molecule has 9 nitrogen and oxygen atoms in total. The number of carbonyl (C=O) groups is 4. The molecule has 0 unspecified atom stereocenters. The van der Waals surface area contributed by atoms with E-state index in [1.165, 1.54) is 0 Å². The topological polar surface area (TPSA) is 117 Å². The van der Waals surface area contributed by atoms with Crippen molar-refractivity contribution in [2.24, 2.45) is 11.8 Å². The molecule has 0 aromatic heterocycles. The van der Waals surface area contributed by atoms with Crippen LogP contribution in [0.5, 0.6) is 0 Å². The average molecular weight is 329 g/mol. The van der Waals surface area contributed by atoms with Crippen molar-refractivity contribution in [3.63, 3.8) is 0 Å². The minimum Gasteiger partial charge on any atom is -0.469 e. The molecule has 2 rings (SSSR count). The van der Waals surface area contributed by atoms with Gasteiger partial charge in [-0.05, 0) is 12.8 Å². The van der Waals surface area contributed by atoms with Crippen LogP contribution in [0.3, 0.4) is 0 Å². The van der Waals surface area contributed by atoms with Crippen molar-refractivity contribution in [1.82, 2.24) is 5.32 Å². The Balaban J connectivity index is 2.64. The minimum absolute atomic E-state index is 0.127. The van der Waals surface area contributed by atoms with Gasteiger partial charge in [0, 0.05) is 0 Å². The highest BCUT2D eigenvalue weighted by atomic mass is 16.5. The summed E-state index contributed by atoms with van der Waals surface area (Å²) in [7, 11) is 4.60. The number of esters is 4. The van der Waals surface area contributed by atoms with Gasteiger partial charge < -0.3 is 18.9 Å². The molecule has 2 bridgehead atoms. The zero-order chi connectivity index (χ0) is 17.4. The number of hydrogen-bond acceptors (Lipinski definition) is 9. The van der Waals surface area contributed by atoms with Crippen LogP contribution in [0.1, 0.15) is 12.8 Å². The Morgan fingerprint density at radius 3 is 1.35 bits per heavy atom. The molecule has 0 aliphatic carbocycles. The molecule has 0 saturated carbocycles. The van der Waals surface area contributed by atoms with E-state index in [0.29, 0.717) is 0 Å². The lowest BCUT2D eigenvalue weighted by atomic mass is 9.66. The van der Waals surface area contributed by atoms with Crippen molar-refractivity contribution >= 4 is 23.9 Å². The zero-order valence-electron chi connectivity index (χ0n) is 13.3. The van der Waals surface area contributed by atoms with E-state index in [-0.39, 0.29) is 12.8 Å². The van der Waals surface area contributed by atoms with Crippen molar-refractivity contribution < 1.29 is 38.1 Å². The summed E-state index contributed by atoms with van der Waals surface area (Å²) in [4.78, 5) is 49.2. The fourth-order valence-electron chi connectivity index (χ4n) is 3.81. The first-order chi connectivity index (χ1) is 10.8. The maximum Gasteiger partial charge on any atom is 0.327 e. The Morgan fingerprint density at radius 2 is 1.09 bits per heavy atom. The summed E-state index contributed by atoms with van der Waals surface area (Å²) in [6, 6.07) is 0. The molecule has 23 heavy (non-hydrogen) atoms. The van der Waals surface area contributed by atoms with Crippen LogP contribution in [0, 0.1) is 11.8 Å². The second-order valence-electron chi connectivity index (χ2n) is 5.55. The quantitative estimate of drug-likeness (QED) is 0.500. The highest BCUT2D eigenvalue weighted by Crippen LogP contribution is 2.54. The normalized spacial score (nSPS) is 34.6. The molecule has 1 N–H and O–H groups in total. The molecule has 0 amide bonds. The number of rotatable bonds is 4. The average Bonchev–Trinajstić information content (AvgIpc) is 3.12. The number of ether oxygens (including phenoxy) is 4. The van der Waals surface area contributed by atoms with Crippen LogP contribution in [0.15, 0.2) is 0 Å². The maximum atomic E-state index is 12.3. The Bertz CT molecular complexity index is 513. The van der Waals surface area contributed by atoms with Crippen molar-refractivity contribution in [3.05, 3.63) is 0 Å². The number of methoxy groups -OCH3 is 4. The molecular formula is C14H19NO8. The van der Waals surface area contributed by atoms with E-state index in [1.807, 2.05) is 0 Å². The van der Waals surface area contributed by atoms with Gasteiger partial charge in [0.05, 0.1) is 28.4 Å². The van der Waals surface area contributed by atoms with Crippen molar-refractivity contribution in [2.45, 2.75) is 23.9 Å². The standard InChI is InChI=1S/C14H19NO8/c1-20-9(16)7-8(10(17)21-2)14(12(19)23-4)6-5-13(7,15-14)11(18)22-3/h7-8,15H,5-6H2,1-4H3/t7-,8+,13+,14-. The molecule has 2 heterocycles. The van der Waals surface area contributed by atoms with Gasteiger partial charge in [0.2, 0.25) is 0 Å². The van der Waals surface area contributed by atoms with E-state index in [2.05, 4.69) is 5.32 Å². The number of carbonyl (C=O) groups excluding carboxylic acids is 4. The largest absolute Gasteiger partial charge is 0.469 e. The highest BCUT2D eigenvalue weighted by Gasteiger charge is 2.77. The third-order valence-corrected chi connectivity index (χ3v) is 4.76. The second-order valence-corrected chi connectivity index (χ2v) is 5.55. The highest BCUT2D eigenvalue weighted by molar-refractivity contribution is 6.01. The molecule has 128 valence electrons. The Morgan fingerprint density at radius 1 is 0.739 bits per heavy atom. The van der Waals surface area contributed by atoms with Crippen LogP contribution in [0.25, 0.3) is 0 Å². The summed E-state index contributed by atoms with van der Waals surface area (Å²) in [5.41, 5.74) is -3.07. The van der Waals surface area contributed by atoms with Gasteiger partial charge in [0.15, 0.2) is 0 Å². The van der Waals surface area contributed by atoms with Crippen molar-refractivity contribution in [1.29, 1.82) is 0 Å². The van der Waals surface area contributed by atoms with E-state index in [1.54, 1.807) is 0 Å². The van der Waals surface area contributed by atoms with Gasteiger partial charge in [-0.3, -0.25) is 24.5 Å². The van der Waals surface area contributed by atoms with Crippen LogP contribution in [0.4, 0.5) is 0 Å². The first-order valence-electron chi connectivity index (χ1n) is 6.96. The molecule has 4 atom stereocenters. The van der Waals surface area contributed by atoms with Crippen LogP contribution in [-0.4, -0.2) is 63.4 Å². The molecule has 2 saturated heterocycles. The monoisotopic (exact) mass is 329 g/mol. The smallest absolute Gasteiger partial charge is 0.327 e. The molecule has 0 radical (unpaired) electrons. The van der Waals surface area contributed by atoms with Crippen molar-refractivity contribution in [2.75, 3.05) is 28.4 Å². The Hall–Kier alpha value is -2.16. The van der Waals surface area contributed by atoms with Gasteiger partial charge in [-0.1, -0.05) is 0 Å². The Kier molecular flexibility index (Phi) is 4.34. The summed E-state index contributed by atoms with van der Waals surface area (Å²) in [5.74, 6) is -5.59. The fourth-order valence-corrected chi connectivity index (χ4v) is 3.81. The van der Waals surface area contributed by atoms with Gasteiger partial charge >= 0.3 is 23.9 Å². The van der Waals surface area contributed by atoms with Crippen LogP contribution in [-0.2, 0) is 38.1 Å². The first-order valence-corrected chi connectivity index (χ1v) is 6.96. The minimum atomic E-state index is -1.53. The lowest BCUT2D eigenvalue weighted by molar-refractivity contribution is -0.169. The summed E-state index contributed by atoms with van der Waals surface area (Å²) >= 11 is 0. The molecule has 2 fully saturated rings. The SMILES string of the molecule is COC(=O)[C@@H]1[C@H](C(=O)OC)[C@]2(C(=O)OC)CC[C@@]1(C(=O)OC)N2. The zero-order valence-corrected chi connectivity index (χ0v) is 13.3. The van der Waals surface area contributed by atoms with Crippen LogP contribution < -0.4 is 5.32 Å². The molecule has 2 aliphatic heterocycles. The van der Waals surface area contributed by atoms with E-state index in [9.17, 15) is 19.2 Å². The lowest BCUT2D eigenvalue weighted by Crippen LogP contribution is -2.54. The summed E-state index contributed by atoms with van der Waals surface area (Å²) in [6.45, 7) is 0. The van der Waals surface area contributed by atoms with E-state index >= 15 is 0 Å². The third kappa shape index (κ3) is 2.10. The molecule has 9 heteroatoms. The number of hydrogen-bond donors (Lipinski definition) is 1. The molecule has 0 spiro atoms. The number of nitrogens with one attached hydrogen (secondary N) is 1. The second kappa shape index (κ2) is 5.80. The predicted molar refractivity (Wildman–Crippen MR) is 72.9 cm³/mol. The van der Waals surface area contributed by atoms with Gasteiger partial charge in [0.1, 0.15) is 22.9 Å². The van der Waals surface area contributed by atoms with Crippen LogP contribution in [0.2, 0.25) is 0 Å². The maximum absolute atomic E-state index is 12.3. The van der Waals surface area contributed by atoms with Crippen LogP contribution >= 0.6 is 0 Å². The molecular weight excluding hydrogens is 310 g/mol. The van der Waals surface area contributed by atoms with Gasteiger partial charge in [-0.15, -0.1) is 0 Å². The number of fused-ring (bicyclic) bond motifs is 2. The van der Waals surface area contributed by atoms with E-state index < -0.39 is 46.8 Å². The van der Waals surface area contributed by atoms with Crippen molar-refractivity contribution in [3.8, 4) is 0 Å². The van der Waals surface area contributed by atoms with Gasteiger partial charge in [-0.25, -0.2) is 0 Å². The van der Waals surface area contributed by atoms with E-state index in [4.69, 9.17) is 18.9 Å². The first kappa shape index (κ1) is 17.2.